The molecule has 2 heteroatoms. The zero-order valence-corrected chi connectivity index (χ0v) is 7.51. The zero-order chi connectivity index (χ0) is 9.80. The maximum Gasteiger partial charge on any atom is 0.143 e. The van der Waals surface area contributed by atoms with E-state index in [1.54, 1.807) is 6.20 Å². The van der Waals surface area contributed by atoms with E-state index in [0.29, 0.717) is 5.69 Å². The predicted octanol–water partition coefficient (Wildman–Crippen LogP) is 2.12. The van der Waals surface area contributed by atoms with Crippen molar-refractivity contribution >= 4 is 0 Å². The van der Waals surface area contributed by atoms with E-state index in [-0.39, 0.29) is 0 Å². The van der Waals surface area contributed by atoms with Crippen LogP contribution in [0.15, 0.2) is 42.6 Å². The van der Waals surface area contributed by atoms with Crippen molar-refractivity contribution in [2.45, 2.75) is 0 Å². The molecule has 0 atom stereocenters. The van der Waals surface area contributed by atoms with Crippen LogP contribution in [0.4, 0.5) is 0 Å². The molecule has 0 radical (unpaired) electrons. The minimum atomic E-state index is 0.582. The van der Waals surface area contributed by atoms with Gasteiger partial charge in [-0.05, 0) is 17.6 Å². The Morgan fingerprint density at radius 2 is 1.86 bits per heavy atom. The Bertz CT molecular complexity index is 469. The first-order chi connectivity index (χ1) is 6.92. The summed E-state index contributed by atoms with van der Waals surface area (Å²) in [5.41, 5.74) is 2.59. The van der Waals surface area contributed by atoms with Crippen molar-refractivity contribution in [2.75, 3.05) is 0 Å². The molecule has 1 aromatic heterocycles. The highest BCUT2D eigenvalue weighted by Crippen LogP contribution is 2.19. The SMILES string of the molecule is C#Cc1nnccc1-c1ccccc1. The summed E-state index contributed by atoms with van der Waals surface area (Å²) in [5.74, 6) is 2.52. The Morgan fingerprint density at radius 3 is 2.57 bits per heavy atom. The van der Waals surface area contributed by atoms with Crippen molar-refractivity contribution in [3.05, 3.63) is 48.3 Å². The maximum atomic E-state index is 5.34. The van der Waals surface area contributed by atoms with Gasteiger partial charge in [0.15, 0.2) is 0 Å². The highest BCUT2D eigenvalue weighted by molar-refractivity contribution is 5.68. The quantitative estimate of drug-likeness (QED) is 0.628. The van der Waals surface area contributed by atoms with E-state index in [0.717, 1.165) is 11.1 Å². The standard InChI is InChI=1S/C12H8N2/c1-2-12-11(8-9-13-14-12)10-6-4-3-5-7-10/h1,3-9H. The Balaban J connectivity index is 2.58. The summed E-state index contributed by atoms with van der Waals surface area (Å²) in [5, 5.41) is 7.64. The number of nitrogens with zero attached hydrogens (tertiary/aromatic N) is 2. The second-order valence-electron chi connectivity index (χ2n) is 2.80. The summed E-state index contributed by atoms with van der Waals surface area (Å²) < 4.78 is 0. The monoisotopic (exact) mass is 180 g/mol. The first-order valence-electron chi connectivity index (χ1n) is 4.25. The van der Waals surface area contributed by atoms with Gasteiger partial charge >= 0.3 is 0 Å². The molecule has 0 spiro atoms. The first-order valence-corrected chi connectivity index (χ1v) is 4.25. The van der Waals surface area contributed by atoms with Gasteiger partial charge in [-0.15, -0.1) is 11.5 Å². The smallest absolute Gasteiger partial charge is 0.143 e. The highest BCUT2D eigenvalue weighted by atomic mass is 15.1. The molecule has 0 aliphatic rings. The predicted molar refractivity (Wildman–Crippen MR) is 55.4 cm³/mol. The van der Waals surface area contributed by atoms with Crippen molar-refractivity contribution in [1.29, 1.82) is 0 Å². The molecule has 0 bridgehead atoms. The summed E-state index contributed by atoms with van der Waals surface area (Å²) in [7, 11) is 0. The van der Waals surface area contributed by atoms with Crippen LogP contribution in [0.25, 0.3) is 11.1 Å². The van der Waals surface area contributed by atoms with E-state index in [9.17, 15) is 0 Å². The van der Waals surface area contributed by atoms with E-state index >= 15 is 0 Å². The number of terminal acetylenes is 1. The lowest BCUT2D eigenvalue weighted by Crippen LogP contribution is -1.90. The van der Waals surface area contributed by atoms with Crippen LogP contribution in [0.1, 0.15) is 5.69 Å². The molecule has 0 unspecified atom stereocenters. The Hall–Kier alpha value is -2.14. The van der Waals surface area contributed by atoms with Gasteiger partial charge in [0.2, 0.25) is 0 Å². The van der Waals surface area contributed by atoms with Gasteiger partial charge in [-0.1, -0.05) is 30.3 Å². The van der Waals surface area contributed by atoms with E-state index in [1.165, 1.54) is 0 Å². The zero-order valence-electron chi connectivity index (χ0n) is 7.51. The molecule has 0 saturated carbocycles. The maximum absolute atomic E-state index is 5.34. The largest absolute Gasteiger partial charge is 0.158 e. The molecule has 1 aromatic carbocycles. The van der Waals surface area contributed by atoms with Gasteiger partial charge in [0.05, 0.1) is 6.20 Å². The second-order valence-corrected chi connectivity index (χ2v) is 2.80. The van der Waals surface area contributed by atoms with E-state index in [4.69, 9.17) is 6.42 Å². The highest BCUT2D eigenvalue weighted by Gasteiger charge is 2.02. The van der Waals surface area contributed by atoms with Gasteiger partial charge in [0, 0.05) is 5.56 Å². The Morgan fingerprint density at radius 1 is 1.07 bits per heavy atom. The van der Waals surface area contributed by atoms with Crippen molar-refractivity contribution in [1.82, 2.24) is 10.2 Å². The fraction of sp³-hybridized carbons (Fsp3) is 0. The van der Waals surface area contributed by atoms with Gasteiger partial charge < -0.3 is 0 Å². The average Bonchev–Trinajstić information content (AvgIpc) is 2.30. The minimum Gasteiger partial charge on any atom is -0.158 e. The minimum absolute atomic E-state index is 0.582. The second kappa shape index (κ2) is 3.71. The average molecular weight is 180 g/mol. The first kappa shape index (κ1) is 8.46. The molecule has 0 aliphatic heterocycles. The summed E-state index contributed by atoms with van der Waals surface area (Å²) >= 11 is 0. The Labute approximate surface area is 82.6 Å². The lowest BCUT2D eigenvalue weighted by molar-refractivity contribution is 1.02. The molecule has 0 amide bonds. The topological polar surface area (TPSA) is 25.8 Å². The lowest BCUT2D eigenvalue weighted by atomic mass is 10.1. The summed E-state index contributed by atoms with van der Waals surface area (Å²) in [6.07, 6.45) is 6.98. The van der Waals surface area contributed by atoms with Crippen LogP contribution in [0.3, 0.4) is 0 Å². The van der Waals surface area contributed by atoms with Crippen LogP contribution < -0.4 is 0 Å². The van der Waals surface area contributed by atoms with Crippen LogP contribution in [-0.2, 0) is 0 Å². The molecule has 0 fully saturated rings. The van der Waals surface area contributed by atoms with Crippen LogP contribution >= 0.6 is 0 Å². The molecule has 0 aliphatic carbocycles. The third-order valence-electron chi connectivity index (χ3n) is 1.94. The van der Waals surface area contributed by atoms with Gasteiger partial charge in [-0.25, -0.2) is 0 Å². The number of aromatic nitrogens is 2. The van der Waals surface area contributed by atoms with E-state index in [1.807, 2.05) is 36.4 Å². The van der Waals surface area contributed by atoms with Crippen LogP contribution in [0.2, 0.25) is 0 Å². The molecule has 1 heterocycles. The fourth-order valence-electron chi connectivity index (χ4n) is 1.29. The third-order valence-corrected chi connectivity index (χ3v) is 1.94. The van der Waals surface area contributed by atoms with Gasteiger partial charge in [0.1, 0.15) is 5.69 Å². The molecule has 14 heavy (non-hydrogen) atoms. The number of rotatable bonds is 1. The number of hydrogen-bond donors (Lipinski definition) is 0. The molecule has 2 aromatic rings. The third kappa shape index (κ3) is 1.48. The number of hydrogen-bond acceptors (Lipinski definition) is 2. The Kier molecular flexibility index (Phi) is 2.24. The molecule has 66 valence electrons. The van der Waals surface area contributed by atoms with Gasteiger partial charge in [-0.3, -0.25) is 0 Å². The summed E-state index contributed by atoms with van der Waals surface area (Å²) in [6, 6.07) is 11.8. The molecule has 0 saturated heterocycles. The van der Waals surface area contributed by atoms with Crippen molar-refractivity contribution in [3.8, 4) is 23.5 Å². The van der Waals surface area contributed by atoms with Crippen LogP contribution in [-0.4, -0.2) is 10.2 Å². The van der Waals surface area contributed by atoms with Gasteiger partial charge in [-0.2, -0.15) is 5.10 Å². The lowest BCUT2D eigenvalue weighted by Gasteiger charge is -2.01. The molecular formula is C12H8N2. The number of benzene rings is 1. The van der Waals surface area contributed by atoms with Crippen LogP contribution in [0, 0.1) is 12.3 Å². The normalized spacial score (nSPS) is 9.36. The van der Waals surface area contributed by atoms with Gasteiger partial charge in [0.25, 0.3) is 0 Å². The van der Waals surface area contributed by atoms with E-state index in [2.05, 4.69) is 16.1 Å². The fourth-order valence-corrected chi connectivity index (χ4v) is 1.29. The van der Waals surface area contributed by atoms with E-state index < -0.39 is 0 Å². The molecule has 2 nitrogen and oxygen atoms in total. The summed E-state index contributed by atoms with van der Waals surface area (Å²) in [4.78, 5) is 0. The van der Waals surface area contributed by atoms with Crippen molar-refractivity contribution in [2.24, 2.45) is 0 Å². The van der Waals surface area contributed by atoms with Crippen LogP contribution in [0.5, 0.6) is 0 Å². The molecule has 0 N–H and O–H groups in total. The molecular weight excluding hydrogens is 172 g/mol. The van der Waals surface area contributed by atoms with Crippen molar-refractivity contribution in [3.63, 3.8) is 0 Å². The van der Waals surface area contributed by atoms with Crippen molar-refractivity contribution < 1.29 is 0 Å². The summed E-state index contributed by atoms with van der Waals surface area (Å²) in [6.45, 7) is 0. The molecule has 2 rings (SSSR count).